The molecule has 0 bridgehead atoms. The first-order valence-electron chi connectivity index (χ1n) is 29.7. The number of aliphatic imine (C=N–C) groups is 3. The van der Waals surface area contributed by atoms with Crippen LogP contribution in [0.1, 0.15) is 80.2 Å². The minimum atomic E-state index is -1.69. The topological polar surface area (TPSA) is 533 Å². The molecule has 494 valence electrons. The van der Waals surface area contributed by atoms with Gasteiger partial charge in [0.05, 0.1) is 31.4 Å². The second-order valence-corrected chi connectivity index (χ2v) is 23.5. The Bertz CT molecular complexity index is 2960. The molecular formula is C56H85N19O14S. The Morgan fingerprint density at radius 3 is 1.88 bits per heavy atom. The summed E-state index contributed by atoms with van der Waals surface area (Å²) in [6.45, 7) is -1.69. The number of benzene rings is 1. The highest BCUT2D eigenvalue weighted by Gasteiger charge is 2.49. The van der Waals surface area contributed by atoms with E-state index in [1.54, 1.807) is 41.8 Å². The van der Waals surface area contributed by atoms with E-state index in [1.165, 1.54) is 28.2 Å². The fourth-order valence-electron chi connectivity index (χ4n) is 11.4. The Kier molecular flexibility index (Phi) is 26.4. The minimum absolute atomic E-state index is 0.00289. The van der Waals surface area contributed by atoms with Crippen molar-refractivity contribution in [1.29, 1.82) is 0 Å². The third-order valence-electron chi connectivity index (χ3n) is 16.0. The third-order valence-corrected chi connectivity index (χ3v) is 16.9. The molecule has 0 saturated carbocycles. The summed E-state index contributed by atoms with van der Waals surface area (Å²) < 4.78 is 5.62. The predicted octanol–water partition coefficient (Wildman–Crippen LogP) is -6.57. The van der Waals surface area contributed by atoms with Crippen LogP contribution in [0.2, 0.25) is 0 Å². The number of guanidine groups is 3. The van der Waals surface area contributed by atoms with Crippen molar-refractivity contribution in [3.63, 3.8) is 0 Å². The van der Waals surface area contributed by atoms with Gasteiger partial charge in [-0.1, -0.05) is 30.3 Å². The number of hydrogen-bond acceptors (Lipinski definition) is 18. The fraction of sp³-hybridized carbons (Fsp3) is 0.589. The number of thiophene rings is 1. The summed E-state index contributed by atoms with van der Waals surface area (Å²) >= 11 is 1.25. The second kappa shape index (κ2) is 33.7. The van der Waals surface area contributed by atoms with Crippen LogP contribution in [0.3, 0.4) is 0 Å². The molecule has 0 aliphatic carbocycles. The molecule has 34 heteroatoms. The number of ether oxygens (including phenoxy) is 1. The molecule has 4 aliphatic heterocycles. The van der Waals surface area contributed by atoms with E-state index in [0.29, 0.717) is 23.3 Å². The zero-order chi connectivity index (χ0) is 65.8. The van der Waals surface area contributed by atoms with Gasteiger partial charge in [-0.15, -0.1) is 11.3 Å². The number of aliphatic hydroxyl groups is 2. The second-order valence-electron chi connectivity index (χ2n) is 22.4. The summed E-state index contributed by atoms with van der Waals surface area (Å²) in [6.07, 6.45) is -0.666. The molecule has 0 unspecified atom stereocenters. The van der Waals surface area contributed by atoms with Gasteiger partial charge in [-0.2, -0.15) is 0 Å². The number of carbonyl (C=O) groups excluding carboxylic acids is 9. The molecule has 3 fully saturated rings. The van der Waals surface area contributed by atoms with Crippen LogP contribution >= 0.6 is 11.3 Å². The van der Waals surface area contributed by atoms with E-state index in [9.17, 15) is 63.3 Å². The Labute approximate surface area is 523 Å². The number of carboxylic acids is 1. The van der Waals surface area contributed by atoms with Gasteiger partial charge in [0, 0.05) is 83.5 Å². The highest BCUT2D eigenvalue weighted by atomic mass is 32.1. The average Bonchev–Trinajstić information content (AvgIpc) is 2.14. The molecule has 4 aliphatic rings. The van der Waals surface area contributed by atoms with Crippen LogP contribution in [0.15, 0.2) is 56.8 Å². The van der Waals surface area contributed by atoms with Crippen molar-refractivity contribution >= 4 is 88.3 Å². The molecule has 33 nitrogen and oxygen atoms in total. The Morgan fingerprint density at radius 2 is 1.27 bits per heavy atom. The predicted molar refractivity (Wildman–Crippen MR) is 327 cm³/mol. The fourth-order valence-corrected chi connectivity index (χ4v) is 12.1. The van der Waals surface area contributed by atoms with Crippen LogP contribution in [0.4, 0.5) is 0 Å². The molecule has 1 aromatic heterocycles. The van der Waals surface area contributed by atoms with Crippen LogP contribution in [-0.4, -0.2) is 238 Å². The van der Waals surface area contributed by atoms with E-state index in [4.69, 9.17) is 44.9 Å². The van der Waals surface area contributed by atoms with Gasteiger partial charge in [0.2, 0.25) is 53.2 Å². The maximum atomic E-state index is 14.9. The average molecular weight is 1280 g/mol. The van der Waals surface area contributed by atoms with Crippen molar-refractivity contribution in [2.24, 2.45) is 55.1 Å². The lowest BCUT2D eigenvalue weighted by molar-refractivity contribution is -0.151. The summed E-state index contributed by atoms with van der Waals surface area (Å²) in [5.41, 5.74) is 40.2. The first-order chi connectivity index (χ1) is 42.9. The van der Waals surface area contributed by atoms with Gasteiger partial charge in [-0.05, 0) is 73.9 Å². The van der Waals surface area contributed by atoms with Crippen LogP contribution in [-0.2, 0) is 72.1 Å². The number of aliphatic hydroxyl groups excluding tert-OH is 2. The molecular weight excluding hydrogens is 1190 g/mol. The highest BCUT2D eigenvalue weighted by molar-refractivity contribution is 7.09. The number of fused-ring (bicyclic) bond motifs is 1. The Morgan fingerprint density at radius 1 is 0.656 bits per heavy atom. The van der Waals surface area contributed by atoms with Crippen LogP contribution in [0.5, 0.6) is 0 Å². The molecule has 6 rings (SSSR count). The van der Waals surface area contributed by atoms with E-state index < -0.39 is 139 Å². The normalized spacial score (nSPS) is 21.1. The number of carboxylic acid groups (broad SMARTS) is 1. The molecule has 0 radical (unpaired) electrons. The van der Waals surface area contributed by atoms with Crippen molar-refractivity contribution in [2.75, 3.05) is 59.5 Å². The van der Waals surface area contributed by atoms with E-state index in [1.807, 2.05) is 0 Å². The van der Waals surface area contributed by atoms with E-state index in [-0.39, 0.29) is 128 Å². The number of nitrogens with two attached hydrogens (primary N) is 7. The van der Waals surface area contributed by atoms with Gasteiger partial charge in [0.25, 0.3) is 0 Å². The van der Waals surface area contributed by atoms with Gasteiger partial charge in [-0.3, -0.25) is 58.1 Å². The minimum Gasteiger partial charge on any atom is -0.480 e. The zero-order valence-electron chi connectivity index (χ0n) is 50.2. The first-order valence-corrected chi connectivity index (χ1v) is 30.5. The van der Waals surface area contributed by atoms with Crippen molar-refractivity contribution in [3.05, 3.63) is 57.8 Å². The number of nitrogens with zero attached hydrogens (tertiary/aromatic N) is 7. The SMILES string of the molecule is CO[C@H]1C[C@H](C(=O)N2Cc3ccccc3C[C@H]2C(=O)N[C@@H](CCCN=C(N)N)C(=O)O)N(C(=O)[C@H](CO)NC(=O)[C@H](Cc2cccs2)NC(=O)CNC(=O)[C@@H]2C[C@@H](O)CN2C(=O)[C@@H]2CCCN2C(=O)[C@H](CCCN=C(N)N)NC(=O)[C@H](N)CCCN=C(N)N)C1. The van der Waals surface area contributed by atoms with Gasteiger partial charge >= 0.3 is 5.97 Å². The molecule has 0 spiro atoms. The molecule has 11 atom stereocenters. The largest absolute Gasteiger partial charge is 0.480 e. The molecule has 9 amide bonds. The highest BCUT2D eigenvalue weighted by Crippen LogP contribution is 2.31. The molecule has 3 saturated heterocycles. The summed E-state index contributed by atoms with van der Waals surface area (Å²) in [5.74, 6) is -8.68. The molecule has 5 heterocycles. The smallest absolute Gasteiger partial charge is 0.326 e. The standard InChI is InChI=1S/C56H85N19O14S/c1-89-33-23-43(52(86)73-26-31-10-3-2-9-30(31)21-41(73)48(82)70-37(53(87)88)14-6-18-66-56(62)63)75(28-33)50(84)39(29-76)71-46(80)38(24-34-11-8-20-90-34)68-44(78)25-67-47(81)42-22-32(77)27-74(42)51(85)40-15-7-19-72(40)49(83)36(13-5-17-65-55(60)61)69-45(79)35(57)12-4-16-64-54(58)59/h2-3,8-11,20,32-33,35-43,76-77H,4-7,12-19,21-29,57H2,1H3,(H,67,81)(H,68,78)(H,69,79)(H,70,82)(H,71,80)(H,87,88)(H4,58,59,64)(H4,60,61,65)(H4,62,63,66)/t32-,33+,35-,36+,37+,38+,39+,40+,41+,42+,43-/m1/s1. The summed E-state index contributed by atoms with van der Waals surface area (Å²) in [7, 11) is 1.38. The summed E-state index contributed by atoms with van der Waals surface area (Å²) in [5, 5.41) is 46.2. The number of aliphatic carboxylic acids is 1. The summed E-state index contributed by atoms with van der Waals surface area (Å²) in [4.78, 5) is 157. The molecule has 1 aromatic carbocycles. The summed E-state index contributed by atoms with van der Waals surface area (Å²) in [6, 6.07) is -1.12. The van der Waals surface area contributed by atoms with E-state index >= 15 is 0 Å². The molecule has 2 aromatic rings. The van der Waals surface area contributed by atoms with Crippen LogP contribution in [0.25, 0.3) is 0 Å². The van der Waals surface area contributed by atoms with Crippen molar-refractivity contribution < 1.29 is 68.0 Å². The number of likely N-dealkylation sites (tertiary alicyclic amines) is 3. The van der Waals surface area contributed by atoms with Crippen LogP contribution in [0, 0.1) is 0 Å². The quantitative estimate of drug-likeness (QED) is 0.0190. The van der Waals surface area contributed by atoms with Crippen molar-refractivity contribution in [3.8, 4) is 0 Å². The van der Waals surface area contributed by atoms with Crippen molar-refractivity contribution in [2.45, 2.75) is 150 Å². The molecule has 90 heavy (non-hydrogen) atoms. The first kappa shape index (κ1) is 70.4. The number of carbonyl (C=O) groups is 10. The number of methoxy groups -OCH3 is 1. The zero-order valence-corrected chi connectivity index (χ0v) is 51.0. The lowest BCUT2D eigenvalue weighted by atomic mass is 9.92. The number of β-amino-alcohol motifs (C(OH)–C–C–N with tert-alkyl or cyclic N) is 1. The third kappa shape index (κ3) is 19.6. The van der Waals surface area contributed by atoms with Gasteiger partial charge in [0.1, 0.15) is 48.3 Å². The van der Waals surface area contributed by atoms with Gasteiger partial charge in [0.15, 0.2) is 17.9 Å². The monoisotopic (exact) mass is 1280 g/mol. The van der Waals surface area contributed by atoms with E-state index in [2.05, 4.69) is 41.6 Å². The van der Waals surface area contributed by atoms with Gasteiger partial charge in [-0.25, -0.2) is 4.79 Å². The van der Waals surface area contributed by atoms with E-state index in [0.717, 1.165) is 15.4 Å². The molecule has 22 N–H and O–H groups in total. The maximum Gasteiger partial charge on any atom is 0.326 e. The number of rotatable bonds is 31. The lowest BCUT2D eigenvalue weighted by Crippen LogP contribution is -2.61. The number of amides is 9. The lowest BCUT2D eigenvalue weighted by Gasteiger charge is -2.39. The Balaban J connectivity index is 1.11. The van der Waals surface area contributed by atoms with Gasteiger partial charge < -0.3 is 106 Å². The number of hydrogen-bond donors (Lipinski definition) is 15. The maximum absolute atomic E-state index is 14.9. The van der Waals surface area contributed by atoms with Crippen molar-refractivity contribution in [1.82, 2.24) is 46.2 Å². The van der Waals surface area contributed by atoms with Crippen LogP contribution < -0.4 is 66.7 Å². The Hall–Kier alpha value is -8.73. The number of nitrogens with one attached hydrogen (secondary N) is 5.